The molecule has 1 amide bonds. The minimum Gasteiger partial charge on any atom is -0.339 e. The van der Waals surface area contributed by atoms with Crippen LogP contribution >= 0.6 is 0 Å². The van der Waals surface area contributed by atoms with E-state index in [9.17, 15) is 4.79 Å². The number of amides is 1. The zero-order valence-electron chi connectivity index (χ0n) is 13.7. The molecule has 0 spiro atoms. The van der Waals surface area contributed by atoms with Crippen LogP contribution in [0.5, 0.6) is 0 Å². The Morgan fingerprint density at radius 2 is 2.26 bits per heavy atom. The first-order valence-electron chi connectivity index (χ1n) is 8.61. The summed E-state index contributed by atoms with van der Waals surface area (Å²) in [7, 11) is 2.19. The molecule has 0 radical (unpaired) electrons. The average Bonchev–Trinajstić information content (AvgIpc) is 3.01. The number of rotatable bonds is 2. The van der Waals surface area contributed by atoms with E-state index in [1.54, 1.807) is 0 Å². The lowest BCUT2D eigenvalue weighted by atomic mass is 9.83. The largest absolute Gasteiger partial charge is 0.339 e. The number of aromatic nitrogens is 2. The molecule has 5 nitrogen and oxygen atoms in total. The second-order valence-electron chi connectivity index (χ2n) is 7.08. The van der Waals surface area contributed by atoms with Crippen molar-refractivity contribution >= 4 is 16.8 Å². The van der Waals surface area contributed by atoms with Gasteiger partial charge in [-0.3, -0.25) is 9.89 Å². The van der Waals surface area contributed by atoms with Crippen molar-refractivity contribution in [1.29, 1.82) is 0 Å². The van der Waals surface area contributed by atoms with Gasteiger partial charge in [0.2, 0.25) is 5.91 Å². The monoisotopic (exact) mass is 312 g/mol. The molecule has 3 heterocycles. The molecule has 1 N–H and O–H groups in total. The van der Waals surface area contributed by atoms with E-state index in [1.807, 2.05) is 18.3 Å². The first-order chi connectivity index (χ1) is 11.2. The molecule has 2 aromatic rings. The summed E-state index contributed by atoms with van der Waals surface area (Å²) in [6.07, 6.45) is 5.83. The van der Waals surface area contributed by atoms with Gasteiger partial charge >= 0.3 is 0 Å². The second-order valence-corrected chi connectivity index (χ2v) is 7.08. The average molecular weight is 312 g/mol. The number of carbonyl (C=O) groups is 1. The summed E-state index contributed by atoms with van der Waals surface area (Å²) in [5.41, 5.74) is 2.08. The molecule has 1 aromatic heterocycles. The second kappa shape index (κ2) is 5.96. The fraction of sp³-hybridized carbons (Fsp3) is 0.556. The van der Waals surface area contributed by atoms with E-state index < -0.39 is 0 Å². The zero-order valence-corrected chi connectivity index (χ0v) is 13.7. The number of nitrogens with zero attached hydrogens (tertiary/aromatic N) is 3. The van der Waals surface area contributed by atoms with Crippen molar-refractivity contribution in [3.63, 3.8) is 0 Å². The molecule has 0 aliphatic carbocycles. The van der Waals surface area contributed by atoms with Gasteiger partial charge in [-0.05, 0) is 50.4 Å². The number of fused-ring (bicyclic) bond motifs is 2. The molecule has 4 rings (SSSR count). The Balaban J connectivity index is 1.49. The summed E-state index contributed by atoms with van der Waals surface area (Å²) >= 11 is 0. The summed E-state index contributed by atoms with van der Waals surface area (Å²) in [5.74, 6) is 0.935. The van der Waals surface area contributed by atoms with Gasteiger partial charge in [0.05, 0.1) is 18.1 Å². The van der Waals surface area contributed by atoms with E-state index >= 15 is 0 Å². The van der Waals surface area contributed by atoms with Gasteiger partial charge in [-0.25, -0.2) is 0 Å². The molecule has 2 fully saturated rings. The minimum atomic E-state index is 0.281. The Hall–Kier alpha value is -1.88. The first-order valence-corrected chi connectivity index (χ1v) is 8.61. The predicted molar refractivity (Wildman–Crippen MR) is 90.1 cm³/mol. The van der Waals surface area contributed by atoms with Crippen LogP contribution in [0, 0.1) is 5.92 Å². The molecule has 2 atom stereocenters. The third-order valence-corrected chi connectivity index (χ3v) is 5.45. The molecule has 122 valence electrons. The van der Waals surface area contributed by atoms with Crippen molar-refractivity contribution in [3.8, 4) is 0 Å². The smallest absolute Gasteiger partial charge is 0.227 e. The molecule has 23 heavy (non-hydrogen) atoms. The van der Waals surface area contributed by atoms with Gasteiger partial charge in [-0.2, -0.15) is 5.10 Å². The van der Waals surface area contributed by atoms with Gasteiger partial charge in [0, 0.05) is 24.5 Å². The first kappa shape index (κ1) is 14.7. The zero-order chi connectivity index (χ0) is 15.8. The maximum Gasteiger partial charge on any atom is 0.227 e. The van der Waals surface area contributed by atoms with Crippen molar-refractivity contribution in [1.82, 2.24) is 20.0 Å². The van der Waals surface area contributed by atoms with Crippen molar-refractivity contribution in [3.05, 3.63) is 30.0 Å². The Morgan fingerprint density at radius 1 is 1.35 bits per heavy atom. The summed E-state index contributed by atoms with van der Waals surface area (Å²) in [6, 6.07) is 6.58. The highest BCUT2D eigenvalue weighted by molar-refractivity contribution is 5.83. The highest BCUT2D eigenvalue weighted by Crippen LogP contribution is 2.30. The van der Waals surface area contributed by atoms with Crippen LogP contribution in [0.15, 0.2) is 24.4 Å². The number of benzene rings is 1. The highest BCUT2D eigenvalue weighted by Gasteiger charge is 2.36. The van der Waals surface area contributed by atoms with Crippen molar-refractivity contribution < 1.29 is 4.79 Å². The molecule has 0 bridgehead atoms. The number of likely N-dealkylation sites (tertiary alicyclic amines) is 2. The molecule has 1 aromatic carbocycles. The van der Waals surface area contributed by atoms with E-state index in [-0.39, 0.29) is 5.91 Å². The maximum atomic E-state index is 12.9. The number of hydrogen-bond donors (Lipinski definition) is 1. The maximum absolute atomic E-state index is 12.9. The molecular weight excluding hydrogens is 288 g/mol. The normalized spacial score (nSPS) is 25.5. The molecule has 0 saturated carbocycles. The van der Waals surface area contributed by atoms with Crippen LogP contribution in [0.1, 0.15) is 24.8 Å². The summed E-state index contributed by atoms with van der Waals surface area (Å²) in [4.78, 5) is 17.4. The molecule has 2 aliphatic rings. The molecular formula is C18H24N4O. The summed E-state index contributed by atoms with van der Waals surface area (Å²) in [5, 5.41) is 8.12. The lowest BCUT2D eigenvalue weighted by Gasteiger charge is -2.46. The highest BCUT2D eigenvalue weighted by atomic mass is 16.2. The Kier molecular flexibility index (Phi) is 3.81. The molecule has 2 saturated heterocycles. The van der Waals surface area contributed by atoms with Gasteiger partial charge in [0.1, 0.15) is 0 Å². The van der Waals surface area contributed by atoms with Crippen LogP contribution in [-0.4, -0.2) is 58.6 Å². The fourth-order valence-corrected chi connectivity index (χ4v) is 4.27. The lowest BCUT2D eigenvalue weighted by Crippen LogP contribution is -2.55. The Bertz CT molecular complexity index is 710. The summed E-state index contributed by atoms with van der Waals surface area (Å²) in [6.45, 7) is 3.16. The van der Waals surface area contributed by atoms with Gasteiger partial charge in [0.15, 0.2) is 0 Å². The topological polar surface area (TPSA) is 52.2 Å². The van der Waals surface area contributed by atoms with E-state index in [0.717, 1.165) is 48.9 Å². The Morgan fingerprint density at radius 3 is 3.17 bits per heavy atom. The van der Waals surface area contributed by atoms with Gasteiger partial charge < -0.3 is 9.80 Å². The van der Waals surface area contributed by atoms with Crippen LogP contribution in [0.2, 0.25) is 0 Å². The van der Waals surface area contributed by atoms with Gasteiger partial charge in [-0.15, -0.1) is 0 Å². The summed E-state index contributed by atoms with van der Waals surface area (Å²) < 4.78 is 0. The lowest BCUT2D eigenvalue weighted by molar-refractivity contribution is -0.137. The van der Waals surface area contributed by atoms with Crippen molar-refractivity contribution in [2.45, 2.75) is 31.7 Å². The quantitative estimate of drug-likeness (QED) is 0.923. The third kappa shape index (κ3) is 2.85. The third-order valence-electron chi connectivity index (χ3n) is 5.45. The number of aromatic amines is 1. The van der Waals surface area contributed by atoms with Crippen LogP contribution < -0.4 is 0 Å². The van der Waals surface area contributed by atoms with E-state index in [4.69, 9.17) is 0 Å². The number of carbonyl (C=O) groups excluding carboxylic acids is 1. The molecule has 2 unspecified atom stereocenters. The van der Waals surface area contributed by atoms with Gasteiger partial charge in [-0.1, -0.05) is 12.1 Å². The van der Waals surface area contributed by atoms with Crippen LogP contribution in [0.3, 0.4) is 0 Å². The molecule has 5 heteroatoms. The number of hydrogen-bond acceptors (Lipinski definition) is 3. The van der Waals surface area contributed by atoms with Crippen LogP contribution in [0.25, 0.3) is 10.9 Å². The predicted octanol–water partition coefficient (Wildman–Crippen LogP) is 2.05. The van der Waals surface area contributed by atoms with Crippen molar-refractivity contribution in [2.24, 2.45) is 5.92 Å². The standard InChI is InChI=1S/C18H24N4O/c1-21-8-6-17-15(12-21)3-2-7-22(17)18(23)10-13-4-5-14-11-19-20-16(14)9-13/h4-5,9,11,15,17H,2-3,6-8,10,12H2,1H3,(H,19,20). The van der Waals surface area contributed by atoms with Crippen molar-refractivity contribution in [2.75, 3.05) is 26.7 Å². The number of H-pyrrole nitrogens is 1. The number of nitrogens with one attached hydrogen (secondary N) is 1. The molecule has 2 aliphatic heterocycles. The minimum absolute atomic E-state index is 0.281. The SMILES string of the molecule is CN1CCC2C(CCCN2C(=O)Cc2ccc3cn[nH]c3c2)C1. The van der Waals surface area contributed by atoms with Gasteiger partial charge in [0.25, 0.3) is 0 Å². The Labute approximate surface area is 136 Å². The van der Waals surface area contributed by atoms with Crippen LogP contribution in [-0.2, 0) is 11.2 Å². The van der Waals surface area contributed by atoms with E-state index in [0.29, 0.717) is 18.4 Å². The van der Waals surface area contributed by atoms with E-state index in [1.165, 1.54) is 6.42 Å². The van der Waals surface area contributed by atoms with E-state index in [2.05, 4.69) is 33.1 Å². The fourth-order valence-electron chi connectivity index (χ4n) is 4.27. The van der Waals surface area contributed by atoms with Crippen LogP contribution in [0.4, 0.5) is 0 Å². The number of piperidine rings is 2.